The Balaban J connectivity index is 2.51. The topological polar surface area (TPSA) is 55.4 Å². The first-order valence-corrected chi connectivity index (χ1v) is 5.95. The first-order valence-electron chi connectivity index (χ1n) is 5.95. The van der Waals surface area contributed by atoms with Crippen LogP contribution in [0.1, 0.15) is 19.4 Å². The van der Waals surface area contributed by atoms with Gasteiger partial charge in [0.1, 0.15) is 5.82 Å². The van der Waals surface area contributed by atoms with Crippen LogP contribution in [0.15, 0.2) is 24.3 Å². The van der Waals surface area contributed by atoms with Crippen molar-refractivity contribution in [2.45, 2.75) is 20.3 Å². The van der Waals surface area contributed by atoms with E-state index in [1.165, 1.54) is 19.2 Å². The second-order valence-corrected chi connectivity index (χ2v) is 4.96. The van der Waals surface area contributed by atoms with Crippen LogP contribution in [0.5, 0.6) is 0 Å². The lowest BCUT2D eigenvalue weighted by atomic mass is 9.93. The monoisotopic (exact) mass is 267 g/mol. The lowest BCUT2D eigenvalue weighted by molar-refractivity contribution is -0.150. The molecule has 0 unspecified atom stereocenters. The number of nitrogens with one attached hydrogen (secondary N) is 1. The van der Waals surface area contributed by atoms with Crippen LogP contribution < -0.4 is 5.32 Å². The number of carbonyl (C=O) groups excluding carboxylic acids is 2. The minimum absolute atomic E-state index is 0.0784. The van der Waals surface area contributed by atoms with Crippen molar-refractivity contribution >= 4 is 11.9 Å². The van der Waals surface area contributed by atoms with Crippen molar-refractivity contribution in [2.24, 2.45) is 5.41 Å². The SMILES string of the molecule is COC(=O)C(C)(C)CNC(=O)Cc1cccc(F)c1. The third-order valence-electron chi connectivity index (χ3n) is 2.72. The third-order valence-corrected chi connectivity index (χ3v) is 2.72. The molecule has 0 aliphatic rings. The van der Waals surface area contributed by atoms with Crippen molar-refractivity contribution in [1.82, 2.24) is 5.32 Å². The van der Waals surface area contributed by atoms with E-state index < -0.39 is 11.4 Å². The third kappa shape index (κ3) is 4.69. The maximum absolute atomic E-state index is 13.0. The highest BCUT2D eigenvalue weighted by atomic mass is 19.1. The van der Waals surface area contributed by atoms with Crippen LogP contribution in [0.2, 0.25) is 0 Å². The first kappa shape index (κ1) is 15.1. The number of benzene rings is 1. The van der Waals surface area contributed by atoms with Crippen LogP contribution in [-0.2, 0) is 20.7 Å². The number of carbonyl (C=O) groups is 2. The van der Waals surface area contributed by atoms with Gasteiger partial charge in [-0.3, -0.25) is 9.59 Å². The predicted molar refractivity (Wildman–Crippen MR) is 68.9 cm³/mol. The molecule has 0 fully saturated rings. The lowest BCUT2D eigenvalue weighted by Gasteiger charge is -2.21. The number of esters is 1. The molecule has 104 valence electrons. The quantitative estimate of drug-likeness (QED) is 0.826. The molecule has 1 N–H and O–H groups in total. The average molecular weight is 267 g/mol. The fraction of sp³-hybridized carbons (Fsp3) is 0.429. The molecule has 0 aliphatic heterocycles. The van der Waals surface area contributed by atoms with Crippen LogP contribution in [-0.4, -0.2) is 25.5 Å². The fourth-order valence-corrected chi connectivity index (χ4v) is 1.56. The molecule has 0 saturated carbocycles. The van der Waals surface area contributed by atoms with Gasteiger partial charge >= 0.3 is 5.97 Å². The zero-order valence-corrected chi connectivity index (χ0v) is 11.3. The molecule has 0 saturated heterocycles. The minimum Gasteiger partial charge on any atom is -0.469 e. The molecule has 0 aliphatic carbocycles. The molecule has 0 radical (unpaired) electrons. The number of amides is 1. The number of rotatable bonds is 5. The van der Waals surface area contributed by atoms with Gasteiger partial charge in [0.2, 0.25) is 5.91 Å². The van der Waals surface area contributed by atoms with Crippen molar-refractivity contribution in [1.29, 1.82) is 0 Å². The Labute approximate surface area is 112 Å². The molecule has 1 amide bonds. The van der Waals surface area contributed by atoms with Gasteiger partial charge in [0.15, 0.2) is 0 Å². The van der Waals surface area contributed by atoms with Crippen LogP contribution in [0.3, 0.4) is 0 Å². The standard InChI is InChI=1S/C14H18FNO3/c1-14(2,13(18)19-3)9-16-12(17)8-10-5-4-6-11(15)7-10/h4-7H,8-9H2,1-3H3,(H,16,17). The maximum Gasteiger partial charge on any atom is 0.313 e. The molecule has 4 nitrogen and oxygen atoms in total. The Bertz CT molecular complexity index is 472. The Hall–Kier alpha value is -1.91. The summed E-state index contributed by atoms with van der Waals surface area (Å²) in [5, 5.41) is 2.64. The Morgan fingerprint density at radius 3 is 2.63 bits per heavy atom. The van der Waals surface area contributed by atoms with Crippen LogP contribution in [0.4, 0.5) is 4.39 Å². The average Bonchev–Trinajstić information content (AvgIpc) is 2.35. The van der Waals surface area contributed by atoms with E-state index in [2.05, 4.69) is 10.1 Å². The maximum atomic E-state index is 13.0. The van der Waals surface area contributed by atoms with E-state index in [4.69, 9.17) is 0 Å². The van der Waals surface area contributed by atoms with Crippen LogP contribution >= 0.6 is 0 Å². The van der Waals surface area contributed by atoms with Crippen LogP contribution in [0, 0.1) is 11.2 Å². The summed E-state index contributed by atoms with van der Waals surface area (Å²) in [4.78, 5) is 23.1. The zero-order chi connectivity index (χ0) is 14.5. The number of ether oxygens (including phenoxy) is 1. The molecular formula is C14H18FNO3. The van der Waals surface area contributed by atoms with E-state index in [1.807, 2.05) is 0 Å². The van der Waals surface area contributed by atoms with Gasteiger partial charge in [-0.1, -0.05) is 12.1 Å². The predicted octanol–water partition coefficient (Wildman–Crippen LogP) is 1.68. The van der Waals surface area contributed by atoms with Gasteiger partial charge in [0.05, 0.1) is 18.9 Å². The number of hydrogen-bond acceptors (Lipinski definition) is 3. The summed E-state index contributed by atoms with van der Waals surface area (Å²) in [6.45, 7) is 3.54. The van der Waals surface area contributed by atoms with Gasteiger partial charge in [-0.15, -0.1) is 0 Å². The summed E-state index contributed by atoms with van der Waals surface area (Å²) in [5.74, 6) is -1.03. The first-order chi connectivity index (χ1) is 8.85. The largest absolute Gasteiger partial charge is 0.469 e. The van der Waals surface area contributed by atoms with Crippen LogP contribution in [0.25, 0.3) is 0 Å². The highest BCUT2D eigenvalue weighted by Gasteiger charge is 2.29. The van der Waals surface area contributed by atoms with Gasteiger partial charge in [0, 0.05) is 6.54 Å². The number of halogens is 1. The molecule has 0 atom stereocenters. The van der Waals surface area contributed by atoms with E-state index >= 15 is 0 Å². The Morgan fingerprint density at radius 1 is 1.37 bits per heavy atom. The van der Waals surface area contributed by atoms with Gasteiger partial charge in [-0.2, -0.15) is 0 Å². The molecule has 0 aromatic heterocycles. The summed E-state index contributed by atoms with van der Waals surface area (Å²) in [5.41, 5.74) is -0.194. The number of hydrogen-bond donors (Lipinski definition) is 1. The van der Waals surface area contributed by atoms with Crippen molar-refractivity contribution in [2.75, 3.05) is 13.7 Å². The normalized spacial score (nSPS) is 10.9. The zero-order valence-electron chi connectivity index (χ0n) is 11.3. The summed E-state index contributed by atoms with van der Waals surface area (Å²) in [7, 11) is 1.30. The summed E-state index contributed by atoms with van der Waals surface area (Å²) in [6, 6.07) is 5.86. The van der Waals surface area contributed by atoms with Gasteiger partial charge in [0.25, 0.3) is 0 Å². The van der Waals surface area contributed by atoms with E-state index in [-0.39, 0.29) is 24.7 Å². The van der Waals surface area contributed by atoms with Crippen molar-refractivity contribution < 1.29 is 18.7 Å². The van der Waals surface area contributed by atoms with Gasteiger partial charge < -0.3 is 10.1 Å². The molecule has 1 rings (SSSR count). The molecule has 5 heteroatoms. The Morgan fingerprint density at radius 2 is 2.05 bits per heavy atom. The highest BCUT2D eigenvalue weighted by molar-refractivity contribution is 5.80. The molecule has 1 aromatic carbocycles. The van der Waals surface area contributed by atoms with E-state index in [1.54, 1.807) is 26.0 Å². The van der Waals surface area contributed by atoms with Crippen molar-refractivity contribution in [3.05, 3.63) is 35.6 Å². The van der Waals surface area contributed by atoms with Gasteiger partial charge in [-0.05, 0) is 31.5 Å². The summed E-state index contributed by atoms with van der Waals surface area (Å²) < 4.78 is 17.6. The molecule has 0 heterocycles. The minimum atomic E-state index is -0.785. The highest BCUT2D eigenvalue weighted by Crippen LogP contribution is 2.15. The van der Waals surface area contributed by atoms with Crippen molar-refractivity contribution in [3.63, 3.8) is 0 Å². The molecular weight excluding hydrogens is 249 g/mol. The van der Waals surface area contributed by atoms with E-state index in [9.17, 15) is 14.0 Å². The molecule has 0 bridgehead atoms. The Kier molecular flexibility index (Phi) is 5.03. The molecule has 19 heavy (non-hydrogen) atoms. The smallest absolute Gasteiger partial charge is 0.313 e. The number of methoxy groups -OCH3 is 1. The molecule has 1 aromatic rings. The molecule has 0 spiro atoms. The van der Waals surface area contributed by atoms with E-state index in [0.29, 0.717) is 5.56 Å². The summed E-state index contributed by atoms with van der Waals surface area (Å²) in [6.07, 6.45) is 0.0784. The summed E-state index contributed by atoms with van der Waals surface area (Å²) >= 11 is 0. The second-order valence-electron chi connectivity index (χ2n) is 4.96. The fourth-order valence-electron chi connectivity index (χ4n) is 1.56. The van der Waals surface area contributed by atoms with E-state index in [0.717, 1.165) is 0 Å². The van der Waals surface area contributed by atoms with Crippen molar-refractivity contribution in [3.8, 4) is 0 Å². The lowest BCUT2D eigenvalue weighted by Crippen LogP contribution is -2.40. The second kappa shape index (κ2) is 6.31. The van der Waals surface area contributed by atoms with Gasteiger partial charge in [-0.25, -0.2) is 4.39 Å².